The number of aliphatic hydroxyl groups is 1. The van der Waals surface area contributed by atoms with Crippen LogP contribution in [0.4, 0.5) is 8.78 Å². The van der Waals surface area contributed by atoms with Gasteiger partial charge in [0.05, 0.1) is 12.2 Å². The minimum Gasteiger partial charge on any atom is -0.388 e. The van der Waals surface area contributed by atoms with Crippen LogP contribution in [0.5, 0.6) is 0 Å². The van der Waals surface area contributed by atoms with E-state index in [1.165, 1.54) is 7.11 Å². The van der Waals surface area contributed by atoms with Crippen molar-refractivity contribution >= 4 is 5.91 Å². The maximum Gasteiger partial charge on any atom is 0.261 e. The van der Waals surface area contributed by atoms with Gasteiger partial charge in [-0.05, 0) is 6.92 Å². The van der Waals surface area contributed by atoms with E-state index in [4.69, 9.17) is 4.74 Å². The maximum absolute atomic E-state index is 11.7. The number of halogens is 2. The highest BCUT2D eigenvalue weighted by Gasteiger charge is 2.20. The fourth-order valence-corrected chi connectivity index (χ4v) is 1.13. The summed E-state index contributed by atoms with van der Waals surface area (Å²) in [6.07, 6.45) is -2.14. The Balaban J connectivity index is 3.63. The summed E-state index contributed by atoms with van der Waals surface area (Å²) in [5.74, 6) is -0.345. The standard InChI is InChI=1S/C11H21F2NO4/c1-11(16,4-6-17-2)8-14-10(15)3-5-18-7-9(12)13/h9,16H,3-8H2,1-2H3,(H,14,15). The van der Waals surface area contributed by atoms with Gasteiger partial charge in [-0.3, -0.25) is 4.79 Å². The highest BCUT2D eigenvalue weighted by molar-refractivity contribution is 5.76. The van der Waals surface area contributed by atoms with Crippen molar-refractivity contribution in [1.82, 2.24) is 5.32 Å². The average molecular weight is 269 g/mol. The number of amides is 1. The van der Waals surface area contributed by atoms with Gasteiger partial charge in [0.1, 0.15) is 6.61 Å². The van der Waals surface area contributed by atoms with E-state index in [-0.39, 0.29) is 25.5 Å². The van der Waals surface area contributed by atoms with Crippen molar-refractivity contribution in [3.05, 3.63) is 0 Å². The van der Waals surface area contributed by atoms with E-state index in [9.17, 15) is 18.7 Å². The molecule has 0 saturated heterocycles. The molecule has 2 N–H and O–H groups in total. The smallest absolute Gasteiger partial charge is 0.261 e. The van der Waals surface area contributed by atoms with Gasteiger partial charge >= 0.3 is 0 Å². The predicted molar refractivity (Wildman–Crippen MR) is 61.6 cm³/mol. The van der Waals surface area contributed by atoms with E-state index in [2.05, 4.69) is 10.1 Å². The maximum atomic E-state index is 11.7. The number of carbonyl (C=O) groups is 1. The fraction of sp³-hybridized carbons (Fsp3) is 0.909. The first-order chi connectivity index (χ1) is 8.37. The molecular formula is C11H21F2NO4. The minimum absolute atomic E-state index is 0.00687. The van der Waals surface area contributed by atoms with E-state index in [1.54, 1.807) is 6.92 Å². The van der Waals surface area contributed by atoms with Gasteiger partial charge in [-0.2, -0.15) is 0 Å². The van der Waals surface area contributed by atoms with E-state index in [0.29, 0.717) is 13.0 Å². The molecule has 0 fully saturated rings. The Bertz CT molecular complexity index is 237. The first-order valence-electron chi connectivity index (χ1n) is 5.71. The van der Waals surface area contributed by atoms with E-state index in [0.717, 1.165) is 0 Å². The highest BCUT2D eigenvalue weighted by atomic mass is 19.3. The summed E-state index contributed by atoms with van der Waals surface area (Å²) >= 11 is 0. The Morgan fingerprint density at radius 2 is 2.11 bits per heavy atom. The molecule has 0 heterocycles. The van der Waals surface area contributed by atoms with Crippen LogP contribution in [0.15, 0.2) is 0 Å². The molecule has 18 heavy (non-hydrogen) atoms. The summed E-state index contributed by atoms with van der Waals surface area (Å²) in [6, 6.07) is 0. The lowest BCUT2D eigenvalue weighted by molar-refractivity contribution is -0.123. The van der Waals surface area contributed by atoms with Crippen LogP contribution in [0.1, 0.15) is 19.8 Å². The lowest BCUT2D eigenvalue weighted by Crippen LogP contribution is -2.41. The molecule has 0 saturated carbocycles. The molecule has 1 unspecified atom stereocenters. The molecule has 0 bridgehead atoms. The summed E-state index contributed by atoms with van der Waals surface area (Å²) in [4.78, 5) is 11.3. The minimum atomic E-state index is -2.53. The molecule has 5 nitrogen and oxygen atoms in total. The van der Waals surface area contributed by atoms with Gasteiger partial charge in [0.15, 0.2) is 0 Å². The number of rotatable bonds is 10. The van der Waals surface area contributed by atoms with Gasteiger partial charge in [-0.25, -0.2) is 8.78 Å². The topological polar surface area (TPSA) is 67.8 Å². The number of carbonyl (C=O) groups excluding carboxylic acids is 1. The number of hydrogen-bond donors (Lipinski definition) is 2. The van der Waals surface area contributed by atoms with Crippen LogP contribution in [0, 0.1) is 0 Å². The first kappa shape index (κ1) is 17.2. The zero-order valence-corrected chi connectivity index (χ0v) is 10.7. The third-order valence-corrected chi connectivity index (χ3v) is 2.23. The number of alkyl halides is 2. The molecule has 7 heteroatoms. The normalized spacial score (nSPS) is 14.6. The van der Waals surface area contributed by atoms with E-state index in [1.807, 2.05) is 0 Å². The molecule has 0 spiro atoms. The highest BCUT2D eigenvalue weighted by Crippen LogP contribution is 2.07. The Morgan fingerprint density at radius 1 is 1.44 bits per heavy atom. The van der Waals surface area contributed by atoms with Crippen molar-refractivity contribution in [2.75, 3.05) is 33.5 Å². The van der Waals surface area contributed by atoms with Crippen LogP contribution in [0.25, 0.3) is 0 Å². The number of hydrogen-bond acceptors (Lipinski definition) is 4. The first-order valence-corrected chi connectivity index (χ1v) is 5.71. The lowest BCUT2D eigenvalue weighted by Gasteiger charge is -2.23. The quantitative estimate of drug-likeness (QED) is 0.569. The van der Waals surface area contributed by atoms with Crippen molar-refractivity contribution in [3.8, 4) is 0 Å². The number of ether oxygens (including phenoxy) is 2. The molecule has 0 aliphatic carbocycles. The Kier molecular flexibility index (Phi) is 8.78. The van der Waals surface area contributed by atoms with Gasteiger partial charge in [0.2, 0.25) is 5.91 Å². The van der Waals surface area contributed by atoms with Gasteiger partial charge in [0, 0.05) is 33.1 Å². The molecule has 0 aromatic carbocycles. The molecule has 0 aliphatic rings. The second kappa shape index (κ2) is 9.18. The second-order valence-corrected chi connectivity index (χ2v) is 4.23. The molecule has 1 amide bonds. The van der Waals surface area contributed by atoms with Crippen molar-refractivity contribution in [1.29, 1.82) is 0 Å². The van der Waals surface area contributed by atoms with Crippen LogP contribution >= 0.6 is 0 Å². The zero-order chi connectivity index (χ0) is 14.0. The molecule has 0 rings (SSSR count). The van der Waals surface area contributed by atoms with Crippen molar-refractivity contribution in [3.63, 3.8) is 0 Å². The number of nitrogens with one attached hydrogen (secondary N) is 1. The molecule has 0 aliphatic heterocycles. The summed E-state index contributed by atoms with van der Waals surface area (Å²) in [5, 5.41) is 12.3. The monoisotopic (exact) mass is 269 g/mol. The molecular weight excluding hydrogens is 248 g/mol. The molecule has 108 valence electrons. The third-order valence-electron chi connectivity index (χ3n) is 2.23. The SMILES string of the molecule is COCCC(C)(O)CNC(=O)CCOCC(F)F. The largest absolute Gasteiger partial charge is 0.388 e. The van der Waals surface area contributed by atoms with Crippen LogP contribution < -0.4 is 5.32 Å². The van der Waals surface area contributed by atoms with Crippen LogP contribution in [0.2, 0.25) is 0 Å². The van der Waals surface area contributed by atoms with E-state index < -0.39 is 18.6 Å². The predicted octanol–water partition coefficient (Wildman–Crippen LogP) is 0.562. The Hall–Kier alpha value is -0.790. The summed E-state index contributed by atoms with van der Waals surface area (Å²) in [6.45, 7) is 1.33. The molecule has 0 radical (unpaired) electrons. The molecule has 0 aromatic rings. The molecule has 0 aromatic heterocycles. The van der Waals surface area contributed by atoms with Gasteiger partial charge in [-0.15, -0.1) is 0 Å². The lowest BCUT2D eigenvalue weighted by atomic mass is 10.0. The zero-order valence-electron chi connectivity index (χ0n) is 10.7. The van der Waals surface area contributed by atoms with Crippen molar-refractivity contribution in [2.45, 2.75) is 31.8 Å². The van der Waals surface area contributed by atoms with Crippen LogP contribution in [0.3, 0.4) is 0 Å². The van der Waals surface area contributed by atoms with Gasteiger partial charge in [0.25, 0.3) is 6.43 Å². The average Bonchev–Trinajstić information content (AvgIpc) is 2.29. The molecule has 1 atom stereocenters. The van der Waals surface area contributed by atoms with Crippen molar-refractivity contribution in [2.24, 2.45) is 0 Å². The second-order valence-electron chi connectivity index (χ2n) is 4.23. The van der Waals surface area contributed by atoms with Crippen molar-refractivity contribution < 1.29 is 28.2 Å². The summed E-state index contributed by atoms with van der Waals surface area (Å²) in [7, 11) is 1.52. The third kappa shape index (κ3) is 10.4. The summed E-state index contributed by atoms with van der Waals surface area (Å²) in [5.41, 5.74) is -1.05. The Labute approximate surface area is 105 Å². The van der Waals surface area contributed by atoms with Crippen LogP contribution in [-0.4, -0.2) is 56.5 Å². The Morgan fingerprint density at radius 3 is 2.67 bits per heavy atom. The number of methoxy groups -OCH3 is 1. The van der Waals surface area contributed by atoms with Gasteiger partial charge in [-0.1, -0.05) is 0 Å². The van der Waals surface area contributed by atoms with Gasteiger partial charge < -0.3 is 19.9 Å². The van der Waals surface area contributed by atoms with E-state index >= 15 is 0 Å². The summed E-state index contributed by atoms with van der Waals surface area (Å²) < 4.78 is 32.8. The van der Waals surface area contributed by atoms with Crippen LogP contribution in [-0.2, 0) is 14.3 Å². The fourth-order valence-electron chi connectivity index (χ4n) is 1.13.